The molecule has 0 aliphatic heterocycles. The van der Waals surface area contributed by atoms with Gasteiger partial charge in [0.15, 0.2) is 17.5 Å². The zero-order chi connectivity index (χ0) is 19.5. The van der Waals surface area contributed by atoms with Gasteiger partial charge in [0.1, 0.15) is 0 Å². The van der Waals surface area contributed by atoms with Gasteiger partial charge in [0.2, 0.25) is 5.75 Å². The average Bonchev–Trinajstić information content (AvgIpc) is 2.72. The predicted molar refractivity (Wildman–Crippen MR) is 123 cm³/mol. The number of halogens is 1. The van der Waals surface area contributed by atoms with E-state index in [1.165, 1.54) is 0 Å². The van der Waals surface area contributed by atoms with Crippen molar-refractivity contribution in [1.82, 2.24) is 5.32 Å². The van der Waals surface area contributed by atoms with E-state index in [0.717, 1.165) is 11.3 Å². The molecule has 7 nitrogen and oxygen atoms in total. The number of ether oxygens (including phenoxy) is 4. The van der Waals surface area contributed by atoms with Gasteiger partial charge in [0.05, 0.1) is 34.5 Å². The highest BCUT2D eigenvalue weighted by Gasteiger charge is 2.13. The molecule has 0 heterocycles. The minimum absolute atomic E-state index is 0. The topological polar surface area (TPSA) is 73.3 Å². The monoisotopic (exact) mass is 501 g/mol. The van der Waals surface area contributed by atoms with Crippen LogP contribution in [0.2, 0.25) is 0 Å². The molecule has 0 atom stereocenters. The van der Waals surface area contributed by atoms with Crippen LogP contribution in [0, 0.1) is 0 Å². The zero-order valence-electron chi connectivity index (χ0n) is 16.7. The van der Waals surface area contributed by atoms with Crippen molar-refractivity contribution in [1.29, 1.82) is 0 Å². The molecule has 2 rings (SSSR count). The van der Waals surface area contributed by atoms with Crippen LogP contribution in [0.15, 0.2) is 47.5 Å². The second kappa shape index (κ2) is 13.1. The van der Waals surface area contributed by atoms with Gasteiger partial charge in [-0.25, -0.2) is 0 Å². The van der Waals surface area contributed by atoms with Crippen LogP contribution >= 0.6 is 24.0 Å². The van der Waals surface area contributed by atoms with E-state index in [1.54, 1.807) is 28.4 Å². The van der Waals surface area contributed by atoms with E-state index in [2.05, 4.69) is 15.6 Å². The SMILES string of the molecule is CN=C(NCCOCc1ccccc1)Nc1cc(OC)c(OC)c(OC)c1.I. The molecular weight excluding hydrogens is 473 g/mol. The summed E-state index contributed by atoms with van der Waals surface area (Å²) in [5, 5.41) is 6.41. The summed E-state index contributed by atoms with van der Waals surface area (Å²) in [6.45, 7) is 1.77. The van der Waals surface area contributed by atoms with Gasteiger partial charge in [-0.1, -0.05) is 30.3 Å². The molecule has 0 aromatic heterocycles. The molecule has 8 heteroatoms. The summed E-state index contributed by atoms with van der Waals surface area (Å²) in [6, 6.07) is 13.7. The maximum atomic E-state index is 5.67. The summed E-state index contributed by atoms with van der Waals surface area (Å²) in [5.41, 5.74) is 1.92. The summed E-state index contributed by atoms with van der Waals surface area (Å²) in [7, 11) is 6.44. The number of methoxy groups -OCH3 is 3. The molecule has 0 saturated heterocycles. The molecule has 2 aromatic rings. The third-order valence-corrected chi connectivity index (χ3v) is 3.80. The highest BCUT2D eigenvalue weighted by Crippen LogP contribution is 2.39. The maximum absolute atomic E-state index is 5.67. The Morgan fingerprint density at radius 2 is 1.61 bits per heavy atom. The molecule has 0 aliphatic rings. The maximum Gasteiger partial charge on any atom is 0.203 e. The molecule has 0 unspecified atom stereocenters. The summed E-state index contributed by atoms with van der Waals surface area (Å²) >= 11 is 0. The fraction of sp³-hybridized carbons (Fsp3) is 0.350. The molecule has 28 heavy (non-hydrogen) atoms. The van der Waals surface area contributed by atoms with Crippen LogP contribution in [0.5, 0.6) is 17.2 Å². The van der Waals surface area contributed by atoms with E-state index in [1.807, 2.05) is 42.5 Å². The van der Waals surface area contributed by atoms with Gasteiger partial charge in [-0.3, -0.25) is 4.99 Å². The van der Waals surface area contributed by atoms with Crippen LogP contribution in [0.1, 0.15) is 5.56 Å². The first-order valence-electron chi connectivity index (χ1n) is 8.61. The highest BCUT2D eigenvalue weighted by atomic mass is 127. The van der Waals surface area contributed by atoms with Crippen LogP contribution in [-0.2, 0) is 11.3 Å². The van der Waals surface area contributed by atoms with Crippen molar-refractivity contribution in [3.8, 4) is 17.2 Å². The number of aliphatic imine (C=N–C) groups is 1. The molecule has 0 bridgehead atoms. The lowest BCUT2D eigenvalue weighted by Crippen LogP contribution is -2.33. The Bertz CT molecular complexity index is 716. The van der Waals surface area contributed by atoms with Gasteiger partial charge in [-0.05, 0) is 5.56 Å². The average molecular weight is 501 g/mol. The molecule has 154 valence electrons. The first kappa shape index (κ1) is 23.8. The molecule has 0 saturated carbocycles. The number of rotatable bonds is 9. The molecule has 2 N–H and O–H groups in total. The van der Waals surface area contributed by atoms with Gasteiger partial charge >= 0.3 is 0 Å². The Labute approximate surface area is 183 Å². The van der Waals surface area contributed by atoms with Crippen molar-refractivity contribution < 1.29 is 18.9 Å². The Hall–Kier alpha value is -2.20. The molecule has 0 radical (unpaired) electrons. The highest BCUT2D eigenvalue weighted by molar-refractivity contribution is 14.0. The standard InChI is InChI=1S/C20H27N3O4.HI/c1-21-20(22-10-11-27-14-15-8-6-5-7-9-15)23-16-12-17(24-2)19(26-4)18(13-16)25-3;/h5-9,12-13H,10-11,14H2,1-4H3,(H2,21,22,23);1H. The molecule has 0 aliphatic carbocycles. The molecule has 2 aromatic carbocycles. The zero-order valence-corrected chi connectivity index (χ0v) is 19.0. The number of anilines is 1. The fourth-order valence-electron chi connectivity index (χ4n) is 2.47. The third-order valence-electron chi connectivity index (χ3n) is 3.80. The number of guanidine groups is 1. The number of nitrogens with one attached hydrogen (secondary N) is 2. The van der Waals surface area contributed by atoms with Gasteiger partial charge in [0.25, 0.3) is 0 Å². The van der Waals surface area contributed by atoms with Crippen molar-refractivity contribution in [2.45, 2.75) is 6.61 Å². The summed E-state index contributed by atoms with van der Waals surface area (Å²) in [5.74, 6) is 2.30. The molecule has 0 amide bonds. The van der Waals surface area contributed by atoms with Gasteiger partial charge < -0.3 is 29.6 Å². The lowest BCUT2D eigenvalue weighted by Gasteiger charge is -2.16. The number of benzene rings is 2. The largest absolute Gasteiger partial charge is 0.493 e. The Balaban J connectivity index is 0.00000392. The normalized spacial score (nSPS) is 10.6. The van der Waals surface area contributed by atoms with Crippen molar-refractivity contribution in [3.05, 3.63) is 48.0 Å². The fourth-order valence-corrected chi connectivity index (χ4v) is 2.47. The van der Waals surface area contributed by atoms with Crippen molar-refractivity contribution in [2.24, 2.45) is 4.99 Å². The molecule has 0 fully saturated rings. The smallest absolute Gasteiger partial charge is 0.203 e. The van der Waals surface area contributed by atoms with Crippen molar-refractivity contribution in [2.75, 3.05) is 46.8 Å². The van der Waals surface area contributed by atoms with Gasteiger partial charge in [-0.2, -0.15) is 0 Å². The summed E-state index contributed by atoms with van der Waals surface area (Å²) in [4.78, 5) is 4.22. The first-order valence-corrected chi connectivity index (χ1v) is 8.61. The van der Waals surface area contributed by atoms with Gasteiger partial charge in [0, 0.05) is 31.4 Å². The van der Waals surface area contributed by atoms with E-state index in [0.29, 0.717) is 43.0 Å². The van der Waals surface area contributed by atoms with Crippen LogP contribution in [0.3, 0.4) is 0 Å². The van der Waals surface area contributed by atoms with E-state index in [-0.39, 0.29) is 24.0 Å². The lowest BCUT2D eigenvalue weighted by atomic mass is 10.2. The summed E-state index contributed by atoms with van der Waals surface area (Å²) in [6.07, 6.45) is 0. The Kier molecular flexibility index (Phi) is 11.1. The Morgan fingerprint density at radius 1 is 0.964 bits per heavy atom. The van der Waals surface area contributed by atoms with Crippen molar-refractivity contribution >= 4 is 35.6 Å². The second-order valence-corrected chi connectivity index (χ2v) is 5.58. The van der Waals surface area contributed by atoms with Crippen molar-refractivity contribution in [3.63, 3.8) is 0 Å². The Morgan fingerprint density at radius 3 is 2.14 bits per heavy atom. The third kappa shape index (κ3) is 7.08. The van der Waals surface area contributed by atoms with Crippen LogP contribution in [0.4, 0.5) is 5.69 Å². The van der Waals surface area contributed by atoms with E-state index >= 15 is 0 Å². The number of hydrogen-bond donors (Lipinski definition) is 2. The molecule has 0 spiro atoms. The van der Waals surface area contributed by atoms with Crippen LogP contribution in [0.25, 0.3) is 0 Å². The minimum atomic E-state index is 0. The number of hydrogen-bond acceptors (Lipinski definition) is 5. The quantitative estimate of drug-likeness (QED) is 0.237. The summed E-state index contributed by atoms with van der Waals surface area (Å²) < 4.78 is 21.7. The predicted octanol–water partition coefficient (Wildman–Crippen LogP) is 3.53. The second-order valence-electron chi connectivity index (χ2n) is 5.58. The van der Waals surface area contributed by atoms with Crippen LogP contribution in [-0.4, -0.2) is 47.5 Å². The van der Waals surface area contributed by atoms with E-state index in [9.17, 15) is 0 Å². The number of nitrogens with zero attached hydrogens (tertiary/aromatic N) is 1. The minimum Gasteiger partial charge on any atom is -0.493 e. The lowest BCUT2D eigenvalue weighted by molar-refractivity contribution is 0.125. The van der Waals surface area contributed by atoms with Gasteiger partial charge in [-0.15, -0.1) is 24.0 Å². The molecular formula is C20H28IN3O4. The van der Waals surface area contributed by atoms with E-state index < -0.39 is 0 Å². The van der Waals surface area contributed by atoms with E-state index in [4.69, 9.17) is 18.9 Å². The van der Waals surface area contributed by atoms with Crippen LogP contribution < -0.4 is 24.8 Å². The first-order chi connectivity index (χ1) is 13.2.